The predicted octanol–water partition coefficient (Wildman–Crippen LogP) is 19.8. The van der Waals surface area contributed by atoms with Gasteiger partial charge in [0.1, 0.15) is 0 Å². The largest absolute Gasteiger partial charge is 0.117 e. The van der Waals surface area contributed by atoms with Crippen LogP contribution in [0.3, 0.4) is 0 Å². The second-order valence-corrected chi connectivity index (χ2v) is 25.2. The first-order valence-corrected chi connectivity index (χ1v) is 29.5. The molecule has 0 spiro atoms. The third-order valence-corrected chi connectivity index (χ3v) is 22.3. The van der Waals surface area contributed by atoms with E-state index in [1.54, 1.807) is 25.4 Å². The van der Waals surface area contributed by atoms with Crippen molar-refractivity contribution >= 4 is 94.1 Å². The first kappa shape index (κ1) is 48.4. The van der Waals surface area contributed by atoms with Gasteiger partial charge in [-0.15, -0.1) is 47.0 Å². The van der Waals surface area contributed by atoms with E-state index in [0.717, 1.165) is 0 Å². The summed E-state index contributed by atoms with van der Waals surface area (Å²) in [5.41, 5.74) is 0. The third kappa shape index (κ3) is 24.1. The van der Waals surface area contributed by atoms with Gasteiger partial charge in [-0.25, -0.2) is 0 Å². The SMILES string of the molecule is CCCCCCCCCCCCCCCCCCSC1=C(SCCCCCCCCCCCCCCCCCC)SC(=C2SC3=C(SCCS3)S2)S1. The zero-order valence-electron chi connectivity index (χ0n) is 33.7. The number of hydrogen-bond donors (Lipinski definition) is 0. The maximum absolute atomic E-state index is 2.31. The fourth-order valence-corrected chi connectivity index (χ4v) is 19.2. The highest BCUT2D eigenvalue weighted by molar-refractivity contribution is 8.45. The normalized spacial score (nSPS) is 16.3. The van der Waals surface area contributed by atoms with Crippen molar-refractivity contribution in [3.05, 3.63) is 25.4 Å². The standard InChI is InChI=1S/C44H78S8/c1-3-5-7-9-11-13-15-17-19-21-23-25-27-29-31-33-35-45-39-40(50-43(49-39)44-51-41-42(52-44)48-38-37-47-41)46-36-34-32-30-28-26-24-22-20-18-16-14-12-10-8-6-4-2/h3-38H2,1-2H3. The van der Waals surface area contributed by atoms with Crippen LogP contribution < -0.4 is 0 Å². The van der Waals surface area contributed by atoms with Gasteiger partial charge in [0.2, 0.25) is 0 Å². The van der Waals surface area contributed by atoms with Crippen molar-refractivity contribution in [2.75, 3.05) is 23.0 Å². The van der Waals surface area contributed by atoms with Gasteiger partial charge in [-0.3, -0.25) is 0 Å². The van der Waals surface area contributed by atoms with Crippen LogP contribution in [0.15, 0.2) is 25.4 Å². The number of unbranched alkanes of at least 4 members (excludes halogenated alkanes) is 30. The summed E-state index contributed by atoms with van der Waals surface area (Å²) in [6, 6.07) is 0. The molecule has 0 radical (unpaired) electrons. The average molecular weight is 864 g/mol. The van der Waals surface area contributed by atoms with Crippen molar-refractivity contribution in [3.8, 4) is 0 Å². The number of rotatable bonds is 36. The monoisotopic (exact) mass is 862 g/mol. The van der Waals surface area contributed by atoms with E-state index in [-0.39, 0.29) is 0 Å². The molecule has 302 valence electrons. The molecule has 0 atom stereocenters. The highest BCUT2D eigenvalue weighted by Gasteiger charge is 2.31. The van der Waals surface area contributed by atoms with Crippen LogP contribution in [0.5, 0.6) is 0 Å². The summed E-state index contributed by atoms with van der Waals surface area (Å²) in [5.74, 6) is 5.15. The second kappa shape index (κ2) is 35.0. The molecule has 3 rings (SSSR count). The Morgan fingerprint density at radius 3 is 0.846 bits per heavy atom. The predicted molar refractivity (Wildman–Crippen MR) is 260 cm³/mol. The lowest BCUT2D eigenvalue weighted by molar-refractivity contribution is 0.532. The van der Waals surface area contributed by atoms with Crippen molar-refractivity contribution in [1.82, 2.24) is 0 Å². The molecular formula is C44H78S8. The lowest BCUT2D eigenvalue weighted by Gasteiger charge is -2.08. The van der Waals surface area contributed by atoms with E-state index in [1.807, 2.05) is 0 Å². The first-order valence-electron chi connectivity index (χ1n) is 22.3. The van der Waals surface area contributed by atoms with Crippen molar-refractivity contribution < 1.29 is 0 Å². The van der Waals surface area contributed by atoms with Gasteiger partial charge in [-0.2, -0.15) is 0 Å². The average Bonchev–Trinajstić information content (AvgIpc) is 3.78. The van der Waals surface area contributed by atoms with E-state index in [2.05, 4.69) is 108 Å². The quantitative estimate of drug-likeness (QED) is 0.0564. The second-order valence-electron chi connectivity index (χ2n) is 15.1. The van der Waals surface area contributed by atoms with E-state index in [4.69, 9.17) is 0 Å². The maximum atomic E-state index is 2.31. The van der Waals surface area contributed by atoms with E-state index in [9.17, 15) is 0 Å². The molecule has 0 aromatic rings. The van der Waals surface area contributed by atoms with E-state index >= 15 is 0 Å². The van der Waals surface area contributed by atoms with Crippen LogP contribution in [0, 0.1) is 0 Å². The molecule has 0 bridgehead atoms. The number of hydrogen-bond acceptors (Lipinski definition) is 8. The van der Waals surface area contributed by atoms with Gasteiger partial charge in [-0.05, 0) is 24.3 Å². The Bertz CT molecular complexity index is 901. The summed E-state index contributed by atoms with van der Waals surface area (Å²) in [6.45, 7) is 4.63. The molecule has 3 heterocycles. The molecule has 0 unspecified atom stereocenters. The molecule has 0 N–H and O–H groups in total. The molecule has 0 amide bonds. The fraction of sp³-hybridized carbons (Fsp3) is 0.864. The minimum absolute atomic E-state index is 1.28. The summed E-state index contributed by atoms with van der Waals surface area (Å²) in [4.78, 5) is 0. The van der Waals surface area contributed by atoms with Crippen LogP contribution in [-0.2, 0) is 0 Å². The molecule has 0 saturated carbocycles. The molecule has 0 nitrogen and oxygen atoms in total. The van der Waals surface area contributed by atoms with Gasteiger partial charge in [0.05, 0.1) is 25.4 Å². The molecule has 0 aromatic carbocycles. The Balaban J connectivity index is 1.21. The van der Waals surface area contributed by atoms with E-state index in [1.165, 1.54) is 228 Å². The molecule has 0 aliphatic carbocycles. The lowest BCUT2D eigenvalue weighted by Crippen LogP contribution is -1.88. The van der Waals surface area contributed by atoms with Gasteiger partial charge >= 0.3 is 0 Å². The van der Waals surface area contributed by atoms with Crippen molar-refractivity contribution in [3.63, 3.8) is 0 Å². The highest BCUT2D eigenvalue weighted by atomic mass is 32.3. The minimum Gasteiger partial charge on any atom is -0.117 e. The Morgan fingerprint density at radius 1 is 0.308 bits per heavy atom. The van der Waals surface area contributed by atoms with Gasteiger partial charge in [0, 0.05) is 11.5 Å². The van der Waals surface area contributed by atoms with Crippen molar-refractivity contribution in [2.45, 2.75) is 219 Å². The Hall–Kier alpha value is 2.02. The van der Waals surface area contributed by atoms with Gasteiger partial charge in [0.15, 0.2) is 0 Å². The zero-order chi connectivity index (χ0) is 36.6. The van der Waals surface area contributed by atoms with Gasteiger partial charge in [0.25, 0.3) is 0 Å². The molecular weight excluding hydrogens is 785 g/mol. The lowest BCUT2D eigenvalue weighted by atomic mass is 10.0. The van der Waals surface area contributed by atoms with Crippen molar-refractivity contribution in [2.24, 2.45) is 0 Å². The molecule has 8 heteroatoms. The Labute approximate surface area is 358 Å². The summed E-state index contributed by atoms with van der Waals surface area (Å²) in [7, 11) is 0. The molecule has 0 saturated heterocycles. The summed E-state index contributed by atoms with van der Waals surface area (Å²) in [6.07, 6.45) is 46.4. The first-order chi connectivity index (χ1) is 25.8. The molecule has 3 aliphatic heterocycles. The Morgan fingerprint density at radius 2 is 0.558 bits per heavy atom. The van der Waals surface area contributed by atoms with Crippen molar-refractivity contribution in [1.29, 1.82) is 0 Å². The summed E-state index contributed by atoms with van der Waals surface area (Å²) >= 11 is 16.9. The topological polar surface area (TPSA) is 0 Å². The summed E-state index contributed by atoms with van der Waals surface area (Å²) in [5, 5.41) is 0. The summed E-state index contributed by atoms with van der Waals surface area (Å²) < 4.78 is 9.57. The van der Waals surface area contributed by atoms with Crippen LogP contribution in [0.25, 0.3) is 0 Å². The fourth-order valence-electron chi connectivity index (χ4n) is 6.96. The zero-order valence-corrected chi connectivity index (χ0v) is 40.3. The Kier molecular flexibility index (Phi) is 32.6. The van der Waals surface area contributed by atoms with E-state index < -0.39 is 0 Å². The molecule has 3 aliphatic rings. The molecule has 0 aromatic heterocycles. The van der Waals surface area contributed by atoms with Crippen LogP contribution in [-0.4, -0.2) is 23.0 Å². The number of thioether (sulfide) groups is 8. The van der Waals surface area contributed by atoms with Crippen LogP contribution in [0.4, 0.5) is 0 Å². The van der Waals surface area contributed by atoms with Gasteiger partial charge in [-0.1, -0.05) is 254 Å². The van der Waals surface area contributed by atoms with Crippen LogP contribution in [0.1, 0.15) is 219 Å². The highest BCUT2D eigenvalue weighted by Crippen LogP contribution is 2.67. The third-order valence-electron chi connectivity index (χ3n) is 10.3. The van der Waals surface area contributed by atoms with Gasteiger partial charge < -0.3 is 0 Å². The molecule has 0 fully saturated rings. The molecule has 52 heavy (non-hydrogen) atoms. The van der Waals surface area contributed by atoms with Crippen LogP contribution >= 0.6 is 94.1 Å². The smallest absolute Gasteiger partial charge is 0.0717 e. The maximum Gasteiger partial charge on any atom is 0.0717 e. The van der Waals surface area contributed by atoms with Crippen LogP contribution in [0.2, 0.25) is 0 Å². The van der Waals surface area contributed by atoms with E-state index in [0.29, 0.717) is 0 Å². The minimum atomic E-state index is 1.28.